The second kappa shape index (κ2) is 5.38. The molecule has 1 aromatic rings. The molecule has 2 rings (SSSR count). The Morgan fingerprint density at radius 2 is 2.29 bits per heavy atom. The molecule has 1 aromatic carbocycles. The van der Waals surface area contributed by atoms with Crippen LogP contribution >= 0.6 is 0 Å². The molecule has 1 aliphatic rings. The van der Waals surface area contributed by atoms with Gasteiger partial charge in [0.05, 0.1) is 12.4 Å². The summed E-state index contributed by atoms with van der Waals surface area (Å²) in [6, 6.07) is 2.79. The summed E-state index contributed by atoms with van der Waals surface area (Å²) >= 11 is 0. The predicted molar refractivity (Wildman–Crippen MR) is 54.6 cm³/mol. The van der Waals surface area contributed by atoms with Gasteiger partial charge in [-0.2, -0.15) is 6.92 Å². The first-order valence-electron chi connectivity index (χ1n) is 4.67. The number of benzene rings is 1. The van der Waals surface area contributed by atoms with Gasteiger partial charge in [0.1, 0.15) is 18.5 Å². The molecule has 92 valence electrons. The van der Waals surface area contributed by atoms with E-state index in [1.54, 1.807) is 0 Å². The minimum atomic E-state index is -0.533. The second-order valence-electron chi connectivity index (χ2n) is 3.38. The molecule has 0 spiro atoms. The summed E-state index contributed by atoms with van der Waals surface area (Å²) in [5.41, 5.74) is 0.0431. The molecule has 1 aliphatic heterocycles. The Balaban J connectivity index is 0.00000144. The SMILES string of the molecule is [CH2-]c1c([N+](=O)[O-])ccc2c1OC(CO)CO2.[W]. The Morgan fingerprint density at radius 1 is 1.59 bits per heavy atom. The summed E-state index contributed by atoms with van der Waals surface area (Å²) in [4.78, 5) is 10.1. The summed E-state index contributed by atoms with van der Waals surface area (Å²) in [5.74, 6) is 0.653. The van der Waals surface area contributed by atoms with Crippen molar-refractivity contribution in [2.75, 3.05) is 13.2 Å². The Labute approximate surface area is 112 Å². The van der Waals surface area contributed by atoms with Crippen molar-refractivity contribution in [3.8, 4) is 11.5 Å². The van der Waals surface area contributed by atoms with Crippen LogP contribution in [-0.4, -0.2) is 29.3 Å². The van der Waals surface area contributed by atoms with E-state index in [0.29, 0.717) is 5.75 Å². The molecule has 7 heteroatoms. The molecule has 0 radical (unpaired) electrons. The molecule has 0 saturated carbocycles. The number of nitro groups is 1. The average molecular weight is 408 g/mol. The smallest absolute Gasteiger partial charge is 0.173 e. The standard InChI is InChI=1S/C10H10NO5.W/c1-6-8(11(13)14)2-3-9-10(6)16-7(4-12)5-15-9;/h2-3,7,12H,1,4-5H2;/q-1;. The van der Waals surface area contributed by atoms with Crippen LogP contribution in [0.1, 0.15) is 5.56 Å². The molecule has 1 heterocycles. The Hall–Kier alpha value is -1.26. The van der Waals surface area contributed by atoms with Crippen LogP contribution in [0.3, 0.4) is 0 Å². The maximum absolute atomic E-state index is 10.7. The van der Waals surface area contributed by atoms with Gasteiger partial charge >= 0.3 is 0 Å². The zero-order chi connectivity index (χ0) is 11.7. The van der Waals surface area contributed by atoms with Gasteiger partial charge in [-0.3, -0.25) is 10.1 Å². The van der Waals surface area contributed by atoms with Crippen LogP contribution in [0.5, 0.6) is 11.5 Å². The van der Waals surface area contributed by atoms with E-state index in [1.165, 1.54) is 12.1 Å². The third kappa shape index (κ3) is 2.53. The normalized spacial score (nSPS) is 17.1. The van der Waals surface area contributed by atoms with Gasteiger partial charge in [-0.25, -0.2) is 0 Å². The quantitative estimate of drug-likeness (QED) is 0.447. The fraction of sp³-hybridized carbons (Fsp3) is 0.300. The molecule has 1 atom stereocenters. The number of ether oxygens (including phenoxy) is 2. The molecule has 0 amide bonds. The molecule has 0 aromatic heterocycles. The predicted octanol–water partition coefficient (Wildman–Crippen LogP) is 0.907. The molecule has 6 nitrogen and oxygen atoms in total. The largest absolute Gasteiger partial charge is 0.538 e. The minimum absolute atomic E-state index is 0. The molecular weight excluding hydrogens is 398 g/mol. The van der Waals surface area contributed by atoms with E-state index in [0.717, 1.165) is 0 Å². The summed E-state index contributed by atoms with van der Waals surface area (Å²) in [5, 5.41) is 19.6. The summed E-state index contributed by atoms with van der Waals surface area (Å²) in [6.07, 6.45) is -0.505. The van der Waals surface area contributed by atoms with Crippen molar-refractivity contribution in [3.05, 3.63) is 34.7 Å². The maximum Gasteiger partial charge on any atom is 0.173 e. The first-order chi connectivity index (χ1) is 7.63. The Bertz CT molecular complexity index is 437. The third-order valence-electron chi connectivity index (χ3n) is 2.31. The van der Waals surface area contributed by atoms with Crippen molar-refractivity contribution in [1.29, 1.82) is 0 Å². The van der Waals surface area contributed by atoms with Crippen LogP contribution in [0.4, 0.5) is 5.69 Å². The van der Waals surface area contributed by atoms with Gasteiger partial charge < -0.3 is 14.6 Å². The van der Waals surface area contributed by atoms with Gasteiger partial charge in [-0.15, -0.1) is 0 Å². The molecule has 0 aliphatic carbocycles. The van der Waals surface area contributed by atoms with E-state index in [2.05, 4.69) is 6.92 Å². The second-order valence-corrected chi connectivity index (χ2v) is 3.38. The number of hydrogen-bond acceptors (Lipinski definition) is 5. The molecule has 0 fully saturated rings. The number of nitro benzene ring substituents is 1. The van der Waals surface area contributed by atoms with E-state index in [1.807, 2.05) is 0 Å². The fourth-order valence-electron chi connectivity index (χ4n) is 1.48. The van der Waals surface area contributed by atoms with Crippen molar-refractivity contribution in [1.82, 2.24) is 0 Å². The van der Waals surface area contributed by atoms with Crippen molar-refractivity contribution >= 4 is 5.69 Å². The van der Waals surface area contributed by atoms with Crippen molar-refractivity contribution in [2.24, 2.45) is 0 Å². The van der Waals surface area contributed by atoms with E-state index >= 15 is 0 Å². The molecule has 1 N–H and O–H groups in total. The molecular formula is C10H10NO5W-. The molecule has 17 heavy (non-hydrogen) atoms. The van der Waals surface area contributed by atoms with E-state index in [4.69, 9.17) is 14.6 Å². The number of aliphatic hydroxyl groups is 1. The number of nitrogens with zero attached hydrogens (tertiary/aromatic N) is 1. The minimum Gasteiger partial charge on any atom is -0.538 e. The number of fused-ring (bicyclic) bond motifs is 1. The van der Waals surface area contributed by atoms with E-state index < -0.39 is 11.0 Å². The van der Waals surface area contributed by atoms with Crippen LogP contribution in [0.2, 0.25) is 0 Å². The van der Waals surface area contributed by atoms with Crippen LogP contribution in [0, 0.1) is 17.0 Å². The van der Waals surface area contributed by atoms with Crippen molar-refractivity contribution < 1.29 is 40.6 Å². The van der Waals surface area contributed by atoms with Crippen molar-refractivity contribution in [2.45, 2.75) is 6.10 Å². The van der Waals surface area contributed by atoms with Gasteiger partial charge in [-0.05, 0) is 12.1 Å². The van der Waals surface area contributed by atoms with Gasteiger partial charge in [0.25, 0.3) is 0 Å². The zero-order valence-corrected chi connectivity index (χ0v) is 11.7. The fourth-order valence-corrected chi connectivity index (χ4v) is 1.48. The van der Waals surface area contributed by atoms with Crippen LogP contribution in [-0.2, 0) is 21.1 Å². The van der Waals surface area contributed by atoms with E-state index in [9.17, 15) is 10.1 Å². The first kappa shape index (κ1) is 13.8. The number of rotatable bonds is 2. The topological polar surface area (TPSA) is 81.8 Å². The first-order valence-corrected chi connectivity index (χ1v) is 4.67. The van der Waals surface area contributed by atoms with Gasteiger partial charge in [0.15, 0.2) is 5.69 Å². The summed E-state index contributed by atoms with van der Waals surface area (Å²) < 4.78 is 10.7. The maximum atomic E-state index is 10.7. The molecule has 0 bridgehead atoms. The summed E-state index contributed by atoms with van der Waals surface area (Å²) in [7, 11) is 0. The van der Waals surface area contributed by atoms with E-state index in [-0.39, 0.29) is 51.3 Å². The average Bonchev–Trinajstić information content (AvgIpc) is 2.28. The van der Waals surface area contributed by atoms with Crippen LogP contribution < -0.4 is 9.47 Å². The van der Waals surface area contributed by atoms with Gasteiger partial charge in [-0.1, -0.05) is 5.56 Å². The zero-order valence-electron chi connectivity index (χ0n) is 8.79. The number of aliphatic hydroxyl groups excluding tert-OH is 1. The van der Waals surface area contributed by atoms with Gasteiger partial charge in [0.2, 0.25) is 0 Å². The third-order valence-corrected chi connectivity index (χ3v) is 2.31. The Kier molecular flexibility index (Phi) is 4.37. The molecule has 0 saturated heterocycles. The summed E-state index contributed by atoms with van der Waals surface area (Å²) in [6.45, 7) is 3.61. The van der Waals surface area contributed by atoms with Crippen LogP contribution in [0.25, 0.3) is 0 Å². The van der Waals surface area contributed by atoms with Crippen molar-refractivity contribution in [3.63, 3.8) is 0 Å². The monoisotopic (exact) mass is 408 g/mol. The number of hydrogen-bond donors (Lipinski definition) is 1. The van der Waals surface area contributed by atoms with Gasteiger partial charge in [0, 0.05) is 26.0 Å². The van der Waals surface area contributed by atoms with Crippen LogP contribution in [0.15, 0.2) is 12.1 Å². The Morgan fingerprint density at radius 3 is 2.88 bits per heavy atom. The molecule has 1 unspecified atom stereocenters.